The van der Waals surface area contributed by atoms with E-state index in [1.807, 2.05) is 17.0 Å². The Morgan fingerprint density at radius 1 is 1.35 bits per heavy atom. The van der Waals surface area contributed by atoms with Gasteiger partial charge in [0.05, 0.1) is 19.2 Å². The van der Waals surface area contributed by atoms with E-state index in [0.29, 0.717) is 12.1 Å². The smallest absolute Gasteiger partial charge is 0.338 e. The Bertz CT molecular complexity index is 526. The average Bonchev–Trinajstić information content (AvgIpc) is 2.46. The fourth-order valence-electron chi connectivity index (χ4n) is 2.47. The molecular formula is C15H20N2O3. The number of benzene rings is 1. The molecule has 1 aliphatic rings. The quantitative estimate of drug-likeness (QED) is 0.781. The molecule has 0 bridgehead atoms. The van der Waals surface area contributed by atoms with E-state index in [9.17, 15) is 9.59 Å². The van der Waals surface area contributed by atoms with Crippen molar-refractivity contribution in [2.45, 2.75) is 12.8 Å². The van der Waals surface area contributed by atoms with Gasteiger partial charge in [-0.2, -0.15) is 0 Å². The zero-order valence-corrected chi connectivity index (χ0v) is 12.2. The van der Waals surface area contributed by atoms with Gasteiger partial charge in [-0.15, -0.1) is 0 Å². The minimum atomic E-state index is -0.317. The summed E-state index contributed by atoms with van der Waals surface area (Å²) in [5.74, 6) is -0.260. The lowest BCUT2D eigenvalue weighted by molar-refractivity contribution is -0.127. The fraction of sp³-hybridized carbons (Fsp3) is 0.467. The number of rotatable bonds is 3. The van der Waals surface area contributed by atoms with Crippen molar-refractivity contribution in [2.24, 2.45) is 0 Å². The fourth-order valence-corrected chi connectivity index (χ4v) is 2.47. The second-order valence-electron chi connectivity index (χ2n) is 5.11. The van der Waals surface area contributed by atoms with Crippen LogP contribution >= 0.6 is 0 Å². The van der Waals surface area contributed by atoms with E-state index in [0.717, 1.165) is 30.6 Å². The number of hydrogen-bond donors (Lipinski definition) is 0. The van der Waals surface area contributed by atoms with E-state index in [1.165, 1.54) is 7.11 Å². The van der Waals surface area contributed by atoms with Gasteiger partial charge in [-0.1, -0.05) is 6.07 Å². The van der Waals surface area contributed by atoms with Gasteiger partial charge in [0.25, 0.3) is 0 Å². The second-order valence-corrected chi connectivity index (χ2v) is 5.11. The molecule has 0 fully saturated rings. The molecule has 1 heterocycles. The molecule has 5 nitrogen and oxygen atoms in total. The van der Waals surface area contributed by atoms with Crippen molar-refractivity contribution in [2.75, 3.05) is 39.2 Å². The number of hydrogen-bond acceptors (Lipinski definition) is 4. The summed E-state index contributed by atoms with van der Waals surface area (Å²) >= 11 is 0. The zero-order valence-electron chi connectivity index (χ0n) is 12.2. The van der Waals surface area contributed by atoms with E-state index in [1.54, 1.807) is 25.1 Å². The summed E-state index contributed by atoms with van der Waals surface area (Å²) in [5.41, 5.74) is 2.55. The molecule has 0 unspecified atom stereocenters. The predicted octanol–water partition coefficient (Wildman–Crippen LogP) is 1.31. The topological polar surface area (TPSA) is 49.9 Å². The molecule has 20 heavy (non-hydrogen) atoms. The Labute approximate surface area is 119 Å². The monoisotopic (exact) mass is 276 g/mol. The van der Waals surface area contributed by atoms with Gasteiger partial charge in [0, 0.05) is 26.3 Å². The van der Waals surface area contributed by atoms with Crippen LogP contribution in [-0.4, -0.2) is 51.1 Å². The third kappa shape index (κ3) is 2.76. The minimum Gasteiger partial charge on any atom is -0.465 e. The zero-order chi connectivity index (χ0) is 14.7. The molecular weight excluding hydrogens is 256 g/mol. The first kappa shape index (κ1) is 14.4. The predicted molar refractivity (Wildman–Crippen MR) is 77.0 cm³/mol. The van der Waals surface area contributed by atoms with Crippen molar-refractivity contribution in [1.29, 1.82) is 0 Å². The summed E-state index contributed by atoms with van der Waals surface area (Å²) < 4.78 is 4.82. The molecule has 0 aromatic heterocycles. The van der Waals surface area contributed by atoms with Crippen LogP contribution in [0.25, 0.3) is 0 Å². The van der Waals surface area contributed by atoms with Crippen LogP contribution in [0.15, 0.2) is 18.2 Å². The summed E-state index contributed by atoms with van der Waals surface area (Å²) in [4.78, 5) is 27.3. The van der Waals surface area contributed by atoms with Gasteiger partial charge in [-0.3, -0.25) is 4.79 Å². The van der Waals surface area contributed by atoms with Crippen molar-refractivity contribution in [1.82, 2.24) is 4.90 Å². The first-order valence-corrected chi connectivity index (χ1v) is 6.70. The van der Waals surface area contributed by atoms with Gasteiger partial charge in [0.15, 0.2) is 0 Å². The number of fused-ring (bicyclic) bond motifs is 1. The molecule has 1 aromatic rings. The first-order chi connectivity index (χ1) is 9.54. The number of esters is 1. The molecule has 1 amide bonds. The maximum absolute atomic E-state index is 11.9. The Morgan fingerprint density at radius 3 is 2.75 bits per heavy atom. The maximum Gasteiger partial charge on any atom is 0.338 e. The number of carbonyl (C=O) groups is 2. The summed E-state index contributed by atoms with van der Waals surface area (Å²) in [6, 6.07) is 5.58. The lowest BCUT2D eigenvalue weighted by atomic mass is 9.96. The molecule has 0 N–H and O–H groups in total. The highest BCUT2D eigenvalue weighted by atomic mass is 16.5. The lowest BCUT2D eigenvalue weighted by Crippen LogP contribution is -2.39. The van der Waals surface area contributed by atoms with Gasteiger partial charge in [-0.05, 0) is 30.5 Å². The number of amides is 1. The average molecular weight is 276 g/mol. The minimum absolute atomic E-state index is 0.0568. The van der Waals surface area contributed by atoms with Gasteiger partial charge >= 0.3 is 5.97 Å². The number of carbonyl (C=O) groups excluding carboxylic acids is 2. The standard InChI is InChI=1S/C15H20N2O3/c1-16(2)14(18)10-17-9-5-7-11-12(15(19)20-3)6-4-8-13(11)17/h4,6,8H,5,7,9-10H2,1-3H3. The Morgan fingerprint density at radius 2 is 2.10 bits per heavy atom. The van der Waals surface area contributed by atoms with Crippen LogP contribution in [0.2, 0.25) is 0 Å². The molecule has 0 saturated carbocycles. The highest BCUT2D eigenvalue weighted by molar-refractivity contribution is 5.93. The molecule has 1 aromatic carbocycles. The molecule has 1 aliphatic heterocycles. The number of nitrogens with zero attached hydrogens (tertiary/aromatic N) is 2. The van der Waals surface area contributed by atoms with Crippen LogP contribution in [0, 0.1) is 0 Å². The third-order valence-corrected chi connectivity index (χ3v) is 3.58. The molecule has 0 radical (unpaired) electrons. The van der Waals surface area contributed by atoms with Gasteiger partial charge < -0.3 is 14.5 Å². The highest BCUT2D eigenvalue weighted by Gasteiger charge is 2.24. The maximum atomic E-state index is 11.9. The lowest BCUT2D eigenvalue weighted by Gasteiger charge is -2.32. The van der Waals surface area contributed by atoms with E-state index >= 15 is 0 Å². The molecule has 108 valence electrons. The highest BCUT2D eigenvalue weighted by Crippen LogP contribution is 2.30. The summed E-state index contributed by atoms with van der Waals surface area (Å²) in [6.07, 6.45) is 1.77. The van der Waals surface area contributed by atoms with Crippen molar-refractivity contribution in [3.8, 4) is 0 Å². The van der Waals surface area contributed by atoms with Gasteiger partial charge in [-0.25, -0.2) is 4.79 Å². The van der Waals surface area contributed by atoms with E-state index in [4.69, 9.17) is 4.74 Å². The Kier molecular flexibility index (Phi) is 4.27. The molecule has 0 aliphatic carbocycles. The first-order valence-electron chi connectivity index (χ1n) is 6.70. The molecule has 5 heteroatoms. The molecule has 2 rings (SSSR count). The summed E-state index contributed by atoms with van der Waals surface area (Å²) in [7, 11) is 4.88. The van der Waals surface area contributed by atoms with Gasteiger partial charge in [0.2, 0.25) is 5.91 Å². The summed E-state index contributed by atoms with van der Waals surface area (Å²) in [5, 5.41) is 0. The van der Waals surface area contributed by atoms with Gasteiger partial charge in [0.1, 0.15) is 0 Å². The van der Waals surface area contributed by atoms with Crippen LogP contribution in [0.3, 0.4) is 0 Å². The summed E-state index contributed by atoms with van der Waals surface area (Å²) in [6.45, 7) is 1.17. The van der Waals surface area contributed by atoms with Crippen LogP contribution < -0.4 is 4.90 Å². The van der Waals surface area contributed by atoms with Crippen molar-refractivity contribution < 1.29 is 14.3 Å². The number of ether oxygens (including phenoxy) is 1. The molecule has 0 spiro atoms. The largest absolute Gasteiger partial charge is 0.465 e. The Hall–Kier alpha value is -2.04. The SMILES string of the molecule is COC(=O)c1cccc2c1CCCN2CC(=O)N(C)C. The van der Waals surface area contributed by atoms with E-state index in [2.05, 4.69) is 0 Å². The van der Waals surface area contributed by atoms with Crippen LogP contribution in [0.4, 0.5) is 5.69 Å². The molecule has 0 saturated heterocycles. The Balaban J connectivity index is 2.32. The van der Waals surface area contributed by atoms with Crippen LogP contribution in [0.5, 0.6) is 0 Å². The van der Waals surface area contributed by atoms with Crippen LogP contribution in [-0.2, 0) is 16.0 Å². The van der Waals surface area contributed by atoms with Crippen molar-refractivity contribution in [3.63, 3.8) is 0 Å². The van der Waals surface area contributed by atoms with Crippen LogP contribution in [0.1, 0.15) is 22.3 Å². The molecule has 0 atom stereocenters. The van der Waals surface area contributed by atoms with E-state index in [-0.39, 0.29) is 11.9 Å². The second kappa shape index (κ2) is 5.94. The number of methoxy groups -OCH3 is 1. The third-order valence-electron chi connectivity index (χ3n) is 3.58. The normalized spacial score (nSPS) is 13.7. The van der Waals surface area contributed by atoms with Crippen molar-refractivity contribution >= 4 is 17.6 Å². The van der Waals surface area contributed by atoms with E-state index < -0.39 is 0 Å². The number of anilines is 1. The van der Waals surface area contributed by atoms with Crippen molar-refractivity contribution in [3.05, 3.63) is 29.3 Å². The number of likely N-dealkylation sites (N-methyl/N-ethyl adjacent to an activating group) is 1.